The predicted molar refractivity (Wildman–Crippen MR) is 110 cm³/mol. The lowest BCUT2D eigenvalue weighted by molar-refractivity contribution is 0.00445. The van der Waals surface area contributed by atoms with Crippen LogP contribution in [0.15, 0.2) is 0 Å². The number of nitrogen functional groups attached to an aromatic ring is 2. The number of ether oxygens (including phenoxy) is 1. The molecule has 0 saturated heterocycles. The zero-order valence-electron chi connectivity index (χ0n) is 15.7. The number of aliphatic hydroxyl groups excluding tert-OH is 3. The summed E-state index contributed by atoms with van der Waals surface area (Å²) >= 11 is 7.18. The van der Waals surface area contributed by atoms with E-state index in [1.54, 1.807) is 0 Å². The maximum Gasteiger partial charge on any atom is 0.358 e. The van der Waals surface area contributed by atoms with Crippen LogP contribution in [0.1, 0.15) is 27.3 Å². The maximum atomic E-state index is 11.8. The number of nitrogens with zero attached hydrogens (tertiary/aromatic N) is 3. The first-order valence-electron chi connectivity index (χ1n) is 8.68. The second kappa shape index (κ2) is 8.99. The van der Waals surface area contributed by atoms with E-state index in [9.17, 15) is 20.1 Å². The second-order valence-electron chi connectivity index (χ2n) is 6.48. The number of nitrogens with one attached hydrogen (secondary N) is 1. The summed E-state index contributed by atoms with van der Waals surface area (Å²) in [5, 5.41) is 32.7. The highest BCUT2D eigenvalue weighted by Gasteiger charge is 2.41. The molecule has 160 valence electrons. The van der Waals surface area contributed by atoms with E-state index < -0.39 is 30.1 Å². The molecule has 3 rings (SSSR count). The number of halogens is 1. The van der Waals surface area contributed by atoms with E-state index in [1.165, 1.54) is 7.11 Å². The third kappa shape index (κ3) is 4.40. The number of aromatic nitrogens is 3. The largest absolute Gasteiger partial charge is 0.464 e. The SMILES string of the molecule is COC(=O)c1nc(N)sc1C#Cc1c(Cl)nc(N)nc1NC1CC(CO)C(O)C1O. The van der Waals surface area contributed by atoms with Crippen LogP contribution in [0, 0.1) is 17.8 Å². The molecule has 0 amide bonds. The fourth-order valence-corrected chi connectivity index (χ4v) is 3.96. The minimum absolute atomic E-state index is 0.0328. The van der Waals surface area contributed by atoms with Crippen LogP contribution in [0.2, 0.25) is 5.15 Å². The van der Waals surface area contributed by atoms with Crippen molar-refractivity contribution >= 4 is 45.8 Å². The number of hydrogen-bond acceptors (Lipinski definition) is 12. The van der Waals surface area contributed by atoms with Crippen molar-refractivity contribution < 1.29 is 24.9 Å². The van der Waals surface area contributed by atoms with Crippen LogP contribution in [-0.2, 0) is 4.74 Å². The van der Waals surface area contributed by atoms with Gasteiger partial charge < -0.3 is 36.8 Å². The third-order valence-electron chi connectivity index (χ3n) is 4.56. The van der Waals surface area contributed by atoms with Gasteiger partial charge in [-0.15, -0.1) is 0 Å². The second-order valence-corrected chi connectivity index (χ2v) is 7.87. The lowest BCUT2D eigenvalue weighted by Crippen LogP contribution is -2.35. The van der Waals surface area contributed by atoms with Crippen LogP contribution < -0.4 is 16.8 Å². The van der Waals surface area contributed by atoms with Gasteiger partial charge in [-0.05, 0) is 12.3 Å². The van der Waals surface area contributed by atoms with Gasteiger partial charge in [-0.1, -0.05) is 28.9 Å². The summed E-state index contributed by atoms with van der Waals surface area (Å²) < 4.78 is 4.67. The average molecular weight is 455 g/mol. The minimum Gasteiger partial charge on any atom is -0.464 e. The Morgan fingerprint density at radius 2 is 2.03 bits per heavy atom. The Kier molecular flexibility index (Phi) is 6.59. The molecular formula is C17H19ClN6O5S. The van der Waals surface area contributed by atoms with Crippen LogP contribution in [0.3, 0.4) is 0 Å². The molecule has 30 heavy (non-hydrogen) atoms. The fourth-order valence-electron chi connectivity index (χ4n) is 3.06. The minimum atomic E-state index is -1.15. The van der Waals surface area contributed by atoms with Crippen LogP contribution in [0.25, 0.3) is 0 Å². The number of esters is 1. The van der Waals surface area contributed by atoms with Crippen molar-refractivity contribution in [3.63, 3.8) is 0 Å². The summed E-state index contributed by atoms with van der Waals surface area (Å²) in [6.45, 7) is -0.279. The van der Waals surface area contributed by atoms with Crippen LogP contribution >= 0.6 is 22.9 Å². The normalized spacial score (nSPS) is 23.0. The summed E-state index contributed by atoms with van der Waals surface area (Å²) in [5.74, 6) is 4.35. The van der Waals surface area contributed by atoms with E-state index in [2.05, 4.69) is 36.8 Å². The van der Waals surface area contributed by atoms with Gasteiger partial charge in [-0.3, -0.25) is 0 Å². The molecule has 11 nitrogen and oxygen atoms in total. The Bertz CT molecular complexity index is 1020. The quantitative estimate of drug-likeness (QED) is 0.197. The number of nitrogens with two attached hydrogens (primary N) is 2. The van der Waals surface area contributed by atoms with Crippen molar-refractivity contribution in [1.82, 2.24) is 15.0 Å². The van der Waals surface area contributed by atoms with Crippen molar-refractivity contribution in [3.05, 3.63) is 21.3 Å². The summed E-state index contributed by atoms with van der Waals surface area (Å²) in [5.41, 5.74) is 11.5. The lowest BCUT2D eigenvalue weighted by Gasteiger charge is -2.19. The van der Waals surface area contributed by atoms with Gasteiger partial charge in [0, 0.05) is 12.5 Å². The standard InChI is InChI=1S/C17H19ClN6O5S/c1-29-15(28)10-9(30-17(20)22-10)3-2-7-13(18)23-16(19)24-14(7)21-8-4-6(5-25)11(26)12(8)27/h6,8,11-12,25-27H,4-5H2,1H3,(H2,20,22)(H3,19,21,23,24). The van der Waals surface area contributed by atoms with E-state index in [-0.39, 0.29) is 51.2 Å². The van der Waals surface area contributed by atoms with Gasteiger partial charge in [0.2, 0.25) is 5.95 Å². The topological polar surface area (TPSA) is 190 Å². The first kappa shape index (κ1) is 22.0. The highest BCUT2D eigenvalue weighted by Crippen LogP contribution is 2.31. The number of methoxy groups -OCH3 is 1. The van der Waals surface area contributed by atoms with E-state index >= 15 is 0 Å². The summed E-state index contributed by atoms with van der Waals surface area (Å²) in [6.07, 6.45) is -1.96. The molecule has 1 fully saturated rings. The monoisotopic (exact) mass is 454 g/mol. The lowest BCUT2D eigenvalue weighted by atomic mass is 10.1. The summed E-state index contributed by atoms with van der Waals surface area (Å²) in [4.78, 5) is 24.0. The molecular weight excluding hydrogens is 436 g/mol. The number of hydrogen-bond donors (Lipinski definition) is 6. The number of anilines is 3. The van der Waals surface area contributed by atoms with Crippen LogP contribution in [-0.4, -0.2) is 68.2 Å². The van der Waals surface area contributed by atoms with Gasteiger partial charge in [0.05, 0.1) is 19.3 Å². The first-order valence-corrected chi connectivity index (χ1v) is 9.87. The molecule has 4 atom stereocenters. The predicted octanol–water partition coefficient (Wildman–Crippen LogP) is -0.548. The fraction of sp³-hybridized carbons (Fsp3) is 0.412. The number of carbonyl (C=O) groups is 1. The smallest absolute Gasteiger partial charge is 0.358 e. The highest BCUT2D eigenvalue weighted by molar-refractivity contribution is 7.16. The van der Waals surface area contributed by atoms with Crippen LogP contribution in [0.4, 0.5) is 16.9 Å². The molecule has 1 aliphatic rings. The molecule has 2 aromatic heterocycles. The third-order valence-corrected chi connectivity index (χ3v) is 5.64. The Labute approximate surface area is 180 Å². The molecule has 0 radical (unpaired) electrons. The van der Waals surface area contributed by atoms with Crippen molar-refractivity contribution in [1.29, 1.82) is 0 Å². The van der Waals surface area contributed by atoms with Crippen molar-refractivity contribution in [2.24, 2.45) is 5.92 Å². The Hall–Kier alpha value is -2.69. The Balaban J connectivity index is 1.97. The summed E-state index contributed by atoms with van der Waals surface area (Å²) in [7, 11) is 1.21. The van der Waals surface area contributed by atoms with E-state index in [0.717, 1.165) is 11.3 Å². The van der Waals surface area contributed by atoms with Crippen LogP contribution in [0.5, 0.6) is 0 Å². The van der Waals surface area contributed by atoms with Gasteiger partial charge in [0.15, 0.2) is 16.0 Å². The molecule has 0 aromatic carbocycles. The molecule has 4 unspecified atom stereocenters. The number of carbonyl (C=O) groups excluding carboxylic acids is 1. The number of thiazole rings is 1. The average Bonchev–Trinajstić information content (AvgIpc) is 3.20. The molecule has 0 aliphatic heterocycles. The molecule has 1 aliphatic carbocycles. The zero-order valence-corrected chi connectivity index (χ0v) is 17.2. The Morgan fingerprint density at radius 1 is 1.30 bits per heavy atom. The Morgan fingerprint density at radius 3 is 2.67 bits per heavy atom. The van der Waals surface area contributed by atoms with Crippen molar-refractivity contribution in [3.8, 4) is 11.8 Å². The zero-order chi connectivity index (χ0) is 22.0. The van der Waals surface area contributed by atoms with Gasteiger partial charge in [0.25, 0.3) is 0 Å². The number of rotatable bonds is 4. The van der Waals surface area contributed by atoms with Crippen molar-refractivity contribution in [2.75, 3.05) is 30.5 Å². The molecule has 8 N–H and O–H groups in total. The van der Waals surface area contributed by atoms with Gasteiger partial charge in [-0.25, -0.2) is 9.78 Å². The first-order chi connectivity index (χ1) is 14.2. The highest BCUT2D eigenvalue weighted by atomic mass is 35.5. The molecule has 0 spiro atoms. The molecule has 0 bridgehead atoms. The van der Waals surface area contributed by atoms with E-state index in [1.807, 2.05) is 0 Å². The molecule has 1 saturated carbocycles. The van der Waals surface area contributed by atoms with Gasteiger partial charge >= 0.3 is 5.97 Å². The van der Waals surface area contributed by atoms with Gasteiger partial charge in [-0.2, -0.15) is 9.97 Å². The van der Waals surface area contributed by atoms with E-state index in [4.69, 9.17) is 23.1 Å². The molecule has 13 heteroatoms. The van der Waals surface area contributed by atoms with E-state index in [0.29, 0.717) is 0 Å². The van der Waals surface area contributed by atoms with Gasteiger partial charge in [0.1, 0.15) is 22.4 Å². The number of aliphatic hydroxyl groups is 3. The maximum absolute atomic E-state index is 11.8. The summed E-state index contributed by atoms with van der Waals surface area (Å²) in [6, 6.07) is -0.632. The van der Waals surface area contributed by atoms with Crippen molar-refractivity contribution in [2.45, 2.75) is 24.7 Å². The molecule has 2 heterocycles. The molecule has 2 aromatic rings.